The first kappa shape index (κ1) is 13.5. The van der Waals surface area contributed by atoms with Gasteiger partial charge in [0, 0.05) is 31.2 Å². The Balaban J connectivity index is 2.32. The van der Waals surface area contributed by atoms with Crippen molar-refractivity contribution in [1.82, 2.24) is 19.7 Å². The van der Waals surface area contributed by atoms with Crippen molar-refractivity contribution in [2.45, 2.75) is 10.4 Å². The summed E-state index contributed by atoms with van der Waals surface area (Å²) in [5.74, 6) is 0. The summed E-state index contributed by atoms with van der Waals surface area (Å²) in [7, 11) is 1.62. The van der Waals surface area contributed by atoms with E-state index in [0.29, 0.717) is 11.7 Å². The molecule has 0 aromatic carbocycles. The topological polar surface area (TPSA) is 107 Å². The second-order valence-corrected chi connectivity index (χ2v) is 4.99. The fourth-order valence-electron chi connectivity index (χ4n) is 1.52. The number of aromatic nitrogens is 4. The highest BCUT2D eigenvalue weighted by molar-refractivity contribution is 7.99. The minimum Gasteiger partial charge on any atom is -0.329 e. The van der Waals surface area contributed by atoms with E-state index in [9.17, 15) is 9.59 Å². The summed E-state index contributed by atoms with van der Waals surface area (Å²) in [5.41, 5.74) is 5.20. The largest absolute Gasteiger partial charge is 0.339 e. The van der Waals surface area contributed by atoms with Crippen molar-refractivity contribution in [1.29, 1.82) is 0 Å². The lowest BCUT2D eigenvalue weighted by Gasteiger charge is -2.15. The SMILES string of the molecule is Cn1[nH]c(=O)c(=O)nc1SC(CN)c1ccncc1. The standard InChI is InChI=1S/C11H13N5O2S/c1-16-11(14-9(17)10(18)15-16)19-8(6-12)7-2-4-13-5-3-7/h2-5,8H,6,12H2,1H3,(H,15,18). The van der Waals surface area contributed by atoms with E-state index >= 15 is 0 Å². The third-order valence-electron chi connectivity index (χ3n) is 2.49. The van der Waals surface area contributed by atoms with Crippen molar-refractivity contribution in [2.24, 2.45) is 12.8 Å². The summed E-state index contributed by atoms with van der Waals surface area (Å²) >= 11 is 1.32. The molecule has 0 fully saturated rings. The van der Waals surface area contributed by atoms with Crippen molar-refractivity contribution in [3.05, 3.63) is 50.8 Å². The van der Waals surface area contributed by atoms with E-state index in [1.807, 2.05) is 12.1 Å². The van der Waals surface area contributed by atoms with Crippen molar-refractivity contribution in [3.63, 3.8) is 0 Å². The number of nitrogens with one attached hydrogen (secondary N) is 1. The highest BCUT2D eigenvalue weighted by Crippen LogP contribution is 2.31. The molecule has 3 N–H and O–H groups in total. The molecule has 0 radical (unpaired) electrons. The van der Waals surface area contributed by atoms with E-state index in [4.69, 9.17) is 5.73 Å². The summed E-state index contributed by atoms with van der Waals surface area (Å²) in [6.45, 7) is 0.379. The van der Waals surface area contributed by atoms with Crippen LogP contribution in [0.4, 0.5) is 0 Å². The van der Waals surface area contributed by atoms with Gasteiger partial charge in [-0.15, -0.1) is 0 Å². The maximum atomic E-state index is 11.3. The molecule has 0 aliphatic rings. The van der Waals surface area contributed by atoms with Gasteiger partial charge >= 0.3 is 11.1 Å². The van der Waals surface area contributed by atoms with Gasteiger partial charge in [0.2, 0.25) is 0 Å². The summed E-state index contributed by atoms with van der Waals surface area (Å²) in [6.07, 6.45) is 3.36. The number of hydrogen-bond donors (Lipinski definition) is 2. The molecule has 19 heavy (non-hydrogen) atoms. The van der Waals surface area contributed by atoms with E-state index in [2.05, 4.69) is 15.1 Å². The number of nitrogens with two attached hydrogens (primary N) is 1. The van der Waals surface area contributed by atoms with Gasteiger partial charge in [-0.3, -0.25) is 24.4 Å². The molecular formula is C11H13N5O2S. The van der Waals surface area contributed by atoms with Gasteiger partial charge in [0.1, 0.15) is 0 Å². The monoisotopic (exact) mass is 279 g/mol. The lowest BCUT2D eigenvalue weighted by atomic mass is 10.2. The average Bonchev–Trinajstić information content (AvgIpc) is 2.42. The zero-order valence-corrected chi connectivity index (χ0v) is 11.1. The maximum absolute atomic E-state index is 11.3. The molecule has 100 valence electrons. The van der Waals surface area contributed by atoms with Crippen LogP contribution in [0.25, 0.3) is 0 Å². The lowest BCUT2D eigenvalue weighted by Crippen LogP contribution is -2.34. The Labute approximate surface area is 112 Å². The first-order valence-corrected chi connectivity index (χ1v) is 6.43. The van der Waals surface area contributed by atoms with Crippen molar-refractivity contribution < 1.29 is 0 Å². The van der Waals surface area contributed by atoms with Gasteiger partial charge in [-0.05, 0) is 17.7 Å². The third-order valence-corrected chi connectivity index (χ3v) is 3.81. The van der Waals surface area contributed by atoms with Gasteiger partial charge in [0.25, 0.3) is 0 Å². The maximum Gasteiger partial charge on any atom is 0.339 e. The van der Waals surface area contributed by atoms with Crippen LogP contribution >= 0.6 is 11.8 Å². The minimum atomic E-state index is -0.800. The molecule has 2 rings (SSSR count). The Morgan fingerprint density at radius 1 is 1.42 bits per heavy atom. The predicted molar refractivity (Wildman–Crippen MR) is 72.0 cm³/mol. The molecule has 2 aromatic rings. The number of nitrogens with zero attached hydrogens (tertiary/aromatic N) is 3. The number of rotatable bonds is 4. The minimum absolute atomic E-state index is 0.0630. The first-order valence-electron chi connectivity index (χ1n) is 5.56. The normalized spacial score (nSPS) is 12.3. The fourth-order valence-corrected chi connectivity index (χ4v) is 2.51. The lowest BCUT2D eigenvalue weighted by molar-refractivity contribution is 0.595. The third kappa shape index (κ3) is 3.09. The quantitative estimate of drug-likeness (QED) is 0.585. The Kier molecular flexibility index (Phi) is 4.13. The molecule has 2 aromatic heterocycles. The van der Waals surface area contributed by atoms with E-state index < -0.39 is 11.1 Å². The van der Waals surface area contributed by atoms with Crippen LogP contribution in [-0.4, -0.2) is 26.3 Å². The zero-order valence-electron chi connectivity index (χ0n) is 10.2. The number of hydrogen-bond acceptors (Lipinski definition) is 6. The summed E-state index contributed by atoms with van der Waals surface area (Å²) in [5, 5.41) is 2.75. The van der Waals surface area contributed by atoms with E-state index in [1.165, 1.54) is 16.4 Å². The molecule has 0 amide bonds. The first-order chi connectivity index (χ1) is 9.11. The van der Waals surface area contributed by atoms with Crippen LogP contribution < -0.4 is 16.9 Å². The van der Waals surface area contributed by atoms with Crippen LogP contribution in [0.15, 0.2) is 39.3 Å². The molecule has 0 saturated carbocycles. The second kappa shape index (κ2) is 5.81. The molecule has 0 spiro atoms. The Morgan fingerprint density at radius 2 is 2.11 bits per heavy atom. The Bertz CT molecular complexity index is 667. The van der Waals surface area contributed by atoms with Crippen molar-refractivity contribution in [2.75, 3.05) is 6.54 Å². The van der Waals surface area contributed by atoms with Crippen molar-refractivity contribution >= 4 is 11.8 Å². The van der Waals surface area contributed by atoms with Crippen LogP contribution in [0.5, 0.6) is 0 Å². The highest BCUT2D eigenvalue weighted by Gasteiger charge is 2.15. The molecule has 0 aliphatic carbocycles. The fraction of sp³-hybridized carbons (Fsp3) is 0.273. The molecule has 0 saturated heterocycles. The van der Waals surface area contributed by atoms with E-state index in [-0.39, 0.29) is 5.25 Å². The smallest absolute Gasteiger partial charge is 0.329 e. The summed E-state index contributed by atoms with van der Waals surface area (Å²) in [4.78, 5) is 30.1. The Hall–Kier alpha value is -1.93. The van der Waals surface area contributed by atoms with E-state index in [1.54, 1.807) is 19.4 Å². The van der Waals surface area contributed by atoms with Gasteiger partial charge in [-0.1, -0.05) is 11.8 Å². The van der Waals surface area contributed by atoms with Gasteiger partial charge in [-0.2, -0.15) is 4.98 Å². The molecular weight excluding hydrogens is 266 g/mol. The van der Waals surface area contributed by atoms with Crippen LogP contribution in [-0.2, 0) is 7.05 Å². The number of aryl methyl sites for hydroxylation is 1. The second-order valence-electron chi connectivity index (χ2n) is 3.82. The van der Waals surface area contributed by atoms with Crippen LogP contribution in [0.3, 0.4) is 0 Å². The number of thioether (sulfide) groups is 1. The Morgan fingerprint density at radius 3 is 2.74 bits per heavy atom. The molecule has 7 nitrogen and oxygen atoms in total. The predicted octanol–water partition coefficient (Wildman–Crippen LogP) is -0.344. The highest BCUT2D eigenvalue weighted by atomic mass is 32.2. The summed E-state index contributed by atoms with van der Waals surface area (Å²) in [6, 6.07) is 3.71. The van der Waals surface area contributed by atoms with Crippen LogP contribution in [0, 0.1) is 0 Å². The van der Waals surface area contributed by atoms with E-state index in [0.717, 1.165) is 5.56 Å². The molecule has 1 atom stereocenters. The average molecular weight is 279 g/mol. The van der Waals surface area contributed by atoms with Gasteiger partial charge in [0.15, 0.2) is 5.16 Å². The zero-order chi connectivity index (χ0) is 13.8. The molecule has 1 unspecified atom stereocenters. The molecule has 0 bridgehead atoms. The molecule has 0 aliphatic heterocycles. The molecule has 8 heteroatoms. The van der Waals surface area contributed by atoms with Crippen LogP contribution in [0.1, 0.15) is 10.8 Å². The van der Waals surface area contributed by atoms with Gasteiger partial charge in [0.05, 0.1) is 0 Å². The van der Waals surface area contributed by atoms with Gasteiger partial charge < -0.3 is 5.73 Å². The van der Waals surface area contributed by atoms with Crippen molar-refractivity contribution in [3.8, 4) is 0 Å². The number of aromatic amines is 1. The number of pyridine rings is 1. The van der Waals surface area contributed by atoms with Crippen LogP contribution in [0.2, 0.25) is 0 Å². The number of H-pyrrole nitrogens is 1. The van der Waals surface area contributed by atoms with Gasteiger partial charge in [-0.25, -0.2) is 0 Å². The molecule has 2 heterocycles. The summed E-state index contributed by atoms with van der Waals surface area (Å²) < 4.78 is 1.41.